The summed E-state index contributed by atoms with van der Waals surface area (Å²) in [6.07, 6.45) is 6.06. The van der Waals surface area contributed by atoms with Crippen LogP contribution < -0.4 is 5.32 Å². The maximum absolute atomic E-state index is 11.6. The normalized spacial score (nSPS) is 20.8. The number of hydrogen-bond donors (Lipinski definition) is 2. The van der Waals surface area contributed by atoms with Crippen LogP contribution in [-0.4, -0.2) is 23.2 Å². The molecule has 0 radical (unpaired) electrons. The summed E-state index contributed by atoms with van der Waals surface area (Å²) in [6, 6.07) is 0.0584. The third-order valence-corrected chi connectivity index (χ3v) is 2.46. The number of allylic oxidation sites excluding steroid dienone is 2. The molecule has 1 aliphatic rings. The van der Waals surface area contributed by atoms with E-state index in [-0.39, 0.29) is 24.0 Å². The average molecular weight is 197 g/mol. The fourth-order valence-electron chi connectivity index (χ4n) is 1.76. The summed E-state index contributed by atoms with van der Waals surface area (Å²) in [7, 11) is 0. The molecule has 1 amide bonds. The summed E-state index contributed by atoms with van der Waals surface area (Å²) >= 11 is 0. The second kappa shape index (κ2) is 5.15. The minimum absolute atomic E-state index is 0.0584. The molecule has 0 aromatic rings. The second-order valence-electron chi connectivity index (χ2n) is 4.13. The maximum Gasteiger partial charge on any atom is 0.223 e. The number of hydrogen-bond acceptors (Lipinski definition) is 2. The summed E-state index contributed by atoms with van der Waals surface area (Å²) in [5, 5.41) is 12.1. The van der Waals surface area contributed by atoms with Crippen molar-refractivity contribution in [3.63, 3.8) is 0 Å². The monoisotopic (exact) mass is 197 g/mol. The zero-order chi connectivity index (χ0) is 10.6. The van der Waals surface area contributed by atoms with Crippen LogP contribution >= 0.6 is 0 Å². The Morgan fingerprint density at radius 3 is 2.57 bits per heavy atom. The SMILES string of the molecule is CC(O)CC(C)NC(=O)C1CC=CC1. The molecule has 0 saturated carbocycles. The van der Waals surface area contributed by atoms with Crippen LogP contribution in [0.4, 0.5) is 0 Å². The van der Waals surface area contributed by atoms with Gasteiger partial charge in [-0.05, 0) is 33.1 Å². The van der Waals surface area contributed by atoms with Gasteiger partial charge in [-0.15, -0.1) is 0 Å². The van der Waals surface area contributed by atoms with Crippen LogP contribution in [-0.2, 0) is 4.79 Å². The van der Waals surface area contributed by atoms with Crippen molar-refractivity contribution in [2.45, 2.75) is 45.3 Å². The van der Waals surface area contributed by atoms with E-state index >= 15 is 0 Å². The van der Waals surface area contributed by atoms with Gasteiger partial charge in [0.1, 0.15) is 0 Å². The van der Waals surface area contributed by atoms with Gasteiger partial charge >= 0.3 is 0 Å². The van der Waals surface area contributed by atoms with Gasteiger partial charge in [0.2, 0.25) is 5.91 Å². The first-order valence-corrected chi connectivity index (χ1v) is 5.23. The molecular weight excluding hydrogens is 178 g/mol. The number of amides is 1. The minimum atomic E-state index is -0.355. The van der Waals surface area contributed by atoms with Gasteiger partial charge in [-0.2, -0.15) is 0 Å². The van der Waals surface area contributed by atoms with E-state index in [1.54, 1.807) is 6.92 Å². The predicted octanol–water partition coefficient (Wildman–Crippen LogP) is 1.23. The molecule has 2 N–H and O–H groups in total. The Balaban J connectivity index is 2.25. The van der Waals surface area contributed by atoms with Crippen LogP contribution in [0.15, 0.2) is 12.2 Å². The molecule has 1 rings (SSSR count). The molecule has 80 valence electrons. The fraction of sp³-hybridized carbons (Fsp3) is 0.727. The summed E-state index contributed by atoms with van der Waals surface area (Å²) in [4.78, 5) is 11.6. The molecule has 3 nitrogen and oxygen atoms in total. The Labute approximate surface area is 85.2 Å². The molecule has 0 bridgehead atoms. The summed E-state index contributed by atoms with van der Waals surface area (Å²) in [5.41, 5.74) is 0. The molecule has 0 spiro atoms. The molecule has 0 aliphatic heterocycles. The van der Waals surface area contributed by atoms with Crippen LogP contribution in [0.1, 0.15) is 33.1 Å². The molecule has 2 atom stereocenters. The van der Waals surface area contributed by atoms with E-state index in [2.05, 4.69) is 5.32 Å². The Hall–Kier alpha value is -0.830. The van der Waals surface area contributed by atoms with Crippen LogP contribution in [0.2, 0.25) is 0 Å². The summed E-state index contributed by atoms with van der Waals surface area (Å²) < 4.78 is 0. The first-order chi connectivity index (χ1) is 6.59. The smallest absolute Gasteiger partial charge is 0.223 e. The molecule has 0 heterocycles. The zero-order valence-electron chi connectivity index (χ0n) is 8.86. The van der Waals surface area contributed by atoms with Crippen molar-refractivity contribution in [3.05, 3.63) is 12.2 Å². The molecule has 1 aliphatic carbocycles. The van der Waals surface area contributed by atoms with Gasteiger partial charge in [0, 0.05) is 12.0 Å². The van der Waals surface area contributed by atoms with Gasteiger partial charge in [0.25, 0.3) is 0 Å². The third kappa shape index (κ3) is 3.50. The third-order valence-electron chi connectivity index (χ3n) is 2.46. The van der Waals surface area contributed by atoms with E-state index in [1.165, 1.54) is 0 Å². The predicted molar refractivity (Wildman–Crippen MR) is 55.8 cm³/mol. The van der Waals surface area contributed by atoms with Crippen molar-refractivity contribution in [2.75, 3.05) is 0 Å². The molecule has 0 aromatic heterocycles. The quantitative estimate of drug-likeness (QED) is 0.666. The summed E-state index contributed by atoms with van der Waals surface area (Å²) in [5.74, 6) is 0.231. The topological polar surface area (TPSA) is 49.3 Å². The van der Waals surface area contributed by atoms with E-state index in [0.717, 1.165) is 12.8 Å². The second-order valence-corrected chi connectivity index (χ2v) is 4.13. The molecular formula is C11H19NO2. The number of aliphatic hydroxyl groups excluding tert-OH is 1. The van der Waals surface area contributed by atoms with Crippen LogP contribution in [0.5, 0.6) is 0 Å². The van der Waals surface area contributed by atoms with E-state index in [4.69, 9.17) is 5.11 Å². The number of rotatable bonds is 4. The minimum Gasteiger partial charge on any atom is -0.393 e. The van der Waals surface area contributed by atoms with E-state index in [9.17, 15) is 4.79 Å². The average Bonchev–Trinajstić information content (AvgIpc) is 2.53. The largest absolute Gasteiger partial charge is 0.393 e. The van der Waals surface area contributed by atoms with Gasteiger partial charge in [0.05, 0.1) is 6.10 Å². The number of nitrogens with one attached hydrogen (secondary N) is 1. The van der Waals surface area contributed by atoms with Gasteiger partial charge < -0.3 is 10.4 Å². The highest BCUT2D eigenvalue weighted by molar-refractivity contribution is 5.79. The highest BCUT2D eigenvalue weighted by Crippen LogP contribution is 2.17. The Bertz CT molecular complexity index is 215. The van der Waals surface area contributed by atoms with Crippen LogP contribution in [0, 0.1) is 5.92 Å². The lowest BCUT2D eigenvalue weighted by Crippen LogP contribution is -2.38. The number of carbonyl (C=O) groups excluding carboxylic acids is 1. The van der Waals surface area contributed by atoms with Crippen molar-refractivity contribution in [1.82, 2.24) is 5.32 Å². The van der Waals surface area contributed by atoms with Crippen molar-refractivity contribution in [2.24, 2.45) is 5.92 Å². The van der Waals surface area contributed by atoms with Crippen LogP contribution in [0.25, 0.3) is 0 Å². The first-order valence-electron chi connectivity index (χ1n) is 5.23. The van der Waals surface area contributed by atoms with Gasteiger partial charge in [0.15, 0.2) is 0 Å². The van der Waals surface area contributed by atoms with Crippen molar-refractivity contribution >= 4 is 5.91 Å². The lowest BCUT2D eigenvalue weighted by molar-refractivity contribution is -0.125. The Morgan fingerprint density at radius 1 is 1.50 bits per heavy atom. The van der Waals surface area contributed by atoms with Crippen LogP contribution in [0.3, 0.4) is 0 Å². The van der Waals surface area contributed by atoms with Crippen molar-refractivity contribution in [1.29, 1.82) is 0 Å². The van der Waals surface area contributed by atoms with Gasteiger partial charge in [-0.3, -0.25) is 4.79 Å². The standard InChI is InChI=1S/C11H19NO2/c1-8(7-9(2)13)12-11(14)10-5-3-4-6-10/h3-4,8-10,13H,5-7H2,1-2H3,(H,12,14). The lowest BCUT2D eigenvalue weighted by atomic mass is 10.1. The van der Waals surface area contributed by atoms with E-state index in [0.29, 0.717) is 6.42 Å². The maximum atomic E-state index is 11.6. The molecule has 3 heteroatoms. The molecule has 0 saturated heterocycles. The fourth-order valence-corrected chi connectivity index (χ4v) is 1.76. The van der Waals surface area contributed by atoms with Gasteiger partial charge in [-0.25, -0.2) is 0 Å². The zero-order valence-corrected chi connectivity index (χ0v) is 8.86. The van der Waals surface area contributed by atoms with Crippen molar-refractivity contribution < 1.29 is 9.90 Å². The molecule has 0 aromatic carbocycles. The highest BCUT2D eigenvalue weighted by Gasteiger charge is 2.20. The molecule has 2 unspecified atom stereocenters. The lowest BCUT2D eigenvalue weighted by Gasteiger charge is -2.18. The first kappa shape index (κ1) is 11.2. The highest BCUT2D eigenvalue weighted by atomic mass is 16.3. The molecule has 0 fully saturated rings. The van der Waals surface area contributed by atoms with Gasteiger partial charge in [-0.1, -0.05) is 12.2 Å². The molecule has 14 heavy (non-hydrogen) atoms. The summed E-state index contributed by atoms with van der Waals surface area (Å²) in [6.45, 7) is 3.66. The van der Waals surface area contributed by atoms with Crippen molar-refractivity contribution in [3.8, 4) is 0 Å². The Kier molecular flexibility index (Phi) is 4.14. The Morgan fingerprint density at radius 2 is 2.07 bits per heavy atom. The number of carbonyl (C=O) groups is 1. The number of aliphatic hydroxyl groups is 1. The van der Waals surface area contributed by atoms with E-state index in [1.807, 2.05) is 19.1 Å². The van der Waals surface area contributed by atoms with E-state index < -0.39 is 0 Å².